The Bertz CT molecular complexity index is 1190. The first-order valence-corrected chi connectivity index (χ1v) is 17.8. The molecule has 1 aromatic rings. The number of thiocarbonyl (C=S) groups is 1. The fourth-order valence-electron chi connectivity index (χ4n) is 9.57. The lowest BCUT2D eigenvalue weighted by atomic mass is 9.69. The van der Waals surface area contributed by atoms with Gasteiger partial charge in [-0.2, -0.15) is 13.2 Å². The minimum absolute atomic E-state index is 0.0315. The summed E-state index contributed by atoms with van der Waals surface area (Å²) < 4.78 is 46.1. The number of hydrogen-bond acceptors (Lipinski definition) is 5. The summed E-state index contributed by atoms with van der Waals surface area (Å²) in [6.45, 7) is 10.3. The fourth-order valence-corrected chi connectivity index (χ4v) is 10.8. The lowest BCUT2D eigenvalue weighted by Crippen LogP contribution is -2.65. The average molecular weight is 637 g/mol. The van der Waals surface area contributed by atoms with Crippen LogP contribution in [0.25, 0.3) is 0 Å². The van der Waals surface area contributed by atoms with Gasteiger partial charge >= 0.3 is 12.1 Å². The zero-order valence-electron chi connectivity index (χ0n) is 25.8. The molecule has 6 rings (SSSR count). The molecule has 5 aliphatic rings. The number of ether oxygens (including phenoxy) is 1. The molecule has 43 heavy (non-hydrogen) atoms. The number of halogens is 3. The predicted octanol–water partition coefficient (Wildman–Crippen LogP) is 8.33. The Labute approximate surface area is 264 Å². The fraction of sp³-hybridized carbons (Fsp3) is 0.765. The molecule has 7 atom stereocenters. The lowest BCUT2D eigenvalue weighted by Gasteiger charge is -2.58. The highest BCUT2D eigenvalue weighted by Gasteiger charge is 2.62. The van der Waals surface area contributed by atoms with Crippen LogP contribution in [0.2, 0.25) is 0 Å². The van der Waals surface area contributed by atoms with Gasteiger partial charge in [0.2, 0.25) is 0 Å². The second-order valence-electron chi connectivity index (χ2n) is 14.7. The highest BCUT2D eigenvalue weighted by atomic mass is 32.2. The number of carbonyl (C=O) groups excluding carboxylic acids is 1. The zero-order chi connectivity index (χ0) is 30.6. The first kappa shape index (κ1) is 31.7. The van der Waals surface area contributed by atoms with E-state index in [1.165, 1.54) is 45.2 Å². The van der Waals surface area contributed by atoms with Crippen molar-refractivity contribution in [2.24, 2.45) is 28.6 Å². The van der Waals surface area contributed by atoms with Gasteiger partial charge in [0.15, 0.2) is 0 Å². The van der Waals surface area contributed by atoms with Crippen LogP contribution in [-0.2, 0) is 21.5 Å². The number of alkyl halides is 3. The molecule has 2 saturated carbocycles. The molecule has 2 aliphatic carbocycles. The van der Waals surface area contributed by atoms with Gasteiger partial charge in [0.25, 0.3) is 0 Å². The molecule has 5 fully saturated rings. The third-order valence-electron chi connectivity index (χ3n) is 12.4. The summed E-state index contributed by atoms with van der Waals surface area (Å²) in [5.74, 6) is 2.25. The number of likely N-dealkylation sites (tertiary alicyclic amines) is 1. The Hall–Kier alpha value is -1.32. The van der Waals surface area contributed by atoms with Crippen molar-refractivity contribution in [1.82, 2.24) is 9.80 Å². The summed E-state index contributed by atoms with van der Waals surface area (Å²) in [5, 5.41) is 0. The maximum Gasteiger partial charge on any atom is 0.416 e. The number of nitrogens with zero attached hydrogens (tertiary/aromatic N) is 2. The summed E-state index contributed by atoms with van der Waals surface area (Å²) in [5.41, 5.74) is 0.513. The zero-order valence-corrected chi connectivity index (χ0v) is 27.5. The summed E-state index contributed by atoms with van der Waals surface area (Å²) in [6, 6.07) is 6.31. The van der Waals surface area contributed by atoms with E-state index in [1.54, 1.807) is 23.9 Å². The van der Waals surface area contributed by atoms with Crippen LogP contribution < -0.4 is 0 Å². The molecule has 0 aromatic heterocycles. The van der Waals surface area contributed by atoms with Crippen LogP contribution in [0.4, 0.5) is 13.2 Å². The molecule has 3 saturated heterocycles. The molecule has 4 nitrogen and oxygen atoms in total. The highest BCUT2D eigenvalue weighted by molar-refractivity contribution is 8.22. The number of piperidine rings is 3. The predicted molar refractivity (Wildman–Crippen MR) is 170 cm³/mol. The number of thioether (sulfide) groups is 1. The Balaban J connectivity index is 1.10. The molecule has 0 radical (unpaired) electrons. The van der Waals surface area contributed by atoms with E-state index < -0.39 is 11.7 Å². The van der Waals surface area contributed by atoms with Gasteiger partial charge in [-0.1, -0.05) is 56.9 Å². The van der Waals surface area contributed by atoms with Crippen LogP contribution >= 0.6 is 24.0 Å². The Kier molecular flexibility index (Phi) is 8.93. The standard InChI is InChI=1S/C34H47F3N2O2S2/c1-32(2)25-15-16-33(32,3)28(19-25)41-29(40)10-4-9-27-26-8-6-18-38-17-5-7-23(30(26)38)20-39(27)31(42)43-21-22-11-13-24(14-12-22)34(35,36)37/h11-14,23,25-28,30H,4-10,15-21H2,1-3H3/t23-,25?,26+,27+,28?,30-,33?/m0/s1. The number of hydrogen-bond donors (Lipinski definition) is 0. The SMILES string of the molecule is CC1(C)C2CCC1(C)C(OC(=O)CCC[C@@H]1[C@H]3CCCN4CCC[C@@H](CN1C(=S)SCc1ccc(C(F)(F)F)cc1)[C@@H]34)C2. The molecule has 9 heteroatoms. The molecule has 3 aliphatic heterocycles. The Morgan fingerprint density at radius 3 is 2.47 bits per heavy atom. The van der Waals surface area contributed by atoms with Crippen molar-refractivity contribution in [2.45, 2.75) is 115 Å². The van der Waals surface area contributed by atoms with Crippen LogP contribution in [0.5, 0.6) is 0 Å². The number of rotatable bonds is 7. The molecule has 0 N–H and O–H groups in total. The molecular weight excluding hydrogens is 590 g/mol. The molecule has 1 aromatic carbocycles. The van der Waals surface area contributed by atoms with E-state index in [0.29, 0.717) is 36.0 Å². The van der Waals surface area contributed by atoms with Crippen molar-refractivity contribution in [3.63, 3.8) is 0 Å². The minimum atomic E-state index is -4.33. The largest absolute Gasteiger partial charge is 0.462 e. The number of carbonyl (C=O) groups is 1. The molecule has 0 amide bonds. The van der Waals surface area contributed by atoms with E-state index in [2.05, 4.69) is 30.6 Å². The van der Waals surface area contributed by atoms with Crippen LogP contribution in [-0.4, -0.2) is 57.9 Å². The van der Waals surface area contributed by atoms with Crippen LogP contribution in [0, 0.1) is 28.6 Å². The third-order valence-corrected chi connectivity index (χ3v) is 14.0. The average Bonchev–Trinajstić information content (AvgIpc) is 3.30. The van der Waals surface area contributed by atoms with Crippen molar-refractivity contribution < 1.29 is 22.7 Å². The van der Waals surface area contributed by atoms with Gasteiger partial charge in [-0.3, -0.25) is 9.69 Å². The van der Waals surface area contributed by atoms with Crippen molar-refractivity contribution in [3.05, 3.63) is 35.4 Å². The van der Waals surface area contributed by atoms with E-state index in [-0.39, 0.29) is 28.9 Å². The van der Waals surface area contributed by atoms with Crippen LogP contribution in [0.3, 0.4) is 0 Å². The summed E-state index contributed by atoms with van der Waals surface area (Å²) in [4.78, 5) is 18.3. The van der Waals surface area contributed by atoms with Gasteiger partial charge in [-0.15, -0.1) is 0 Å². The first-order valence-electron chi connectivity index (χ1n) is 16.4. The van der Waals surface area contributed by atoms with Gasteiger partial charge in [0.1, 0.15) is 10.4 Å². The number of benzene rings is 1. The van der Waals surface area contributed by atoms with Crippen LogP contribution in [0.15, 0.2) is 24.3 Å². The quantitative estimate of drug-likeness (QED) is 0.221. The smallest absolute Gasteiger partial charge is 0.416 e. The summed E-state index contributed by atoms with van der Waals surface area (Å²) in [7, 11) is 0. The van der Waals surface area contributed by atoms with E-state index in [0.717, 1.165) is 54.2 Å². The topological polar surface area (TPSA) is 32.8 Å². The monoisotopic (exact) mass is 636 g/mol. The molecular formula is C34H47F3N2O2S2. The van der Waals surface area contributed by atoms with Crippen molar-refractivity contribution in [2.75, 3.05) is 19.6 Å². The maximum atomic E-state index is 13.1. The minimum Gasteiger partial charge on any atom is -0.462 e. The third kappa shape index (κ3) is 6.00. The first-order chi connectivity index (χ1) is 20.4. The van der Waals surface area contributed by atoms with E-state index in [4.69, 9.17) is 17.0 Å². The van der Waals surface area contributed by atoms with E-state index in [9.17, 15) is 18.0 Å². The van der Waals surface area contributed by atoms with Gasteiger partial charge in [0.05, 0.1) is 5.56 Å². The molecule has 2 bridgehead atoms. The molecule has 3 heterocycles. The van der Waals surface area contributed by atoms with Crippen molar-refractivity contribution >= 4 is 34.3 Å². The normalized spacial score (nSPS) is 35.1. The van der Waals surface area contributed by atoms with Crippen LogP contribution in [0.1, 0.15) is 96.1 Å². The number of esters is 1. The molecule has 0 spiro atoms. The van der Waals surface area contributed by atoms with Gasteiger partial charge in [-0.25, -0.2) is 0 Å². The maximum absolute atomic E-state index is 13.1. The van der Waals surface area contributed by atoms with E-state index >= 15 is 0 Å². The van der Waals surface area contributed by atoms with Gasteiger partial charge in [0, 0.05) is 36.2 Å². The van der Waals surface area contributed by atoms with Crippen molar-refractivity contribution in [3.8, 4) is 0 Å². The Morgan fingerprint density at radius 1 is 1.09 bits per heavy atom. The summed E-state index contributed by atoms with van der Waals surface area (Å²) >= 11 is 7.60. The Morgan fingerprint density at radius 2 is 1.81 bits per heavy atom. The highest BCUT2D eigenvalue weighted by Crippen LogP contribution is 2.66. The van der Waals surface area contributed by atoms with Gasteiger partial charge in [-0.05, 0) is 112 Å². The molecule has 238 valence electrons. The summed E-state index contributed by atoms with van der Waals surface area (Å²) in [6.07, 6.45) is 6.05. The molecule has 3 unspecified atom stereocenters. The lowest BCUT2D eigenvalue weighted by molar-refractivity contribution is -0.157. The second kappa shape index (κ2) is 12.1. The van der Waals surface area contributed by atoms with Gasteiger partial charge < -0.3 is 9.64 Å². The van der Waals surface area contributed by atoms with Crippen molar-refractivity contribution in [1.29, 1.82) is 0 Å². The number of fused-ring (bicyclic) bond motifs is 2. The second-order valence-corrected chi connectivity index (χ2v) is 16.3. The van der Waals surface area contributed by atoms with E-state index in [1.807, 2.05) is 0 Å².